The number of esters is 1. The molecule has 0 aromatic rings. The summed E-state index contributed by atoms with van der Waals surface area (Å²) in [5.41, 5.74) is -1.14. The lowest BCUT2D eigenvalue weighted by Crippen LogP contribution is -2.47. The Hall–Kier alpha value is -0.940. The van der Waals surface area contributed by atoms with Crippen LogP contribution in [0.2, 0.25) is 0 Å². The second kappa shape index (κ2) is 4.81. The summed E-state index contributed by atoms with van der Waals surface area (Å²) >= 11 is 0. The summed E-state index contributed by atoms with van der Waals surface area (Å²) in [6.07, 6.45) is -1.38. The highest BCUT2D eigenvalue weighted by Gasteiger charge is 2.58. The quantitative estimate of drug-likeness (QED) is 0.703. The fraction of sp³-hybridized carbons (Fsp3) is 0.867. The van der Waals surface area contributed by atoms with Gasteiger partial charge < -0.3 is 14.9 Å². The minimum absolute atomic E-state index is 0.155. The molecule has 0 bridgehead atoms. The third-order valence-electron chi connectivity index (χ3n) is 4.79. The smallest absolute Gasteiger partial charge is 0.311 e. The fourth-order valence-corrected chi connectivity index (χ4v) is 3.36. The first-order valence-corrected chi connectivity index (χ1v) is 7.15. The Bertz CT molecular complexity index is 424. The summed E-state index contributed by atoms with van der Waals surface area (Å²) < 4.78 is 5.58. The summed E-state index contributed by atoms with van der Waals surface area (Å²) in [5, 5.41) is 20.0. The molecule has 5 heteroatoms. The number of ketones is 1. The van der Waals surface area contributed by atoms with Crippen LogP contribution in [0.4, 0.5) is 0 Å². The highest BCUT2D eigenvalue weighted by molar-refractivity contribution is 5.84. The zero-order valence-corrected chi connectivity index (χ0v) is 12.5. The van der Waals surface area contributed by atoms with E-state index in [4.69, 9.17) is 4.74 Å². The first-order valence-electron chi connectivity index (χ1n) is 7.15. The van der Waals surface area contributed by atoms with E-state index in [1.54, 1.807) is 20.8 Å². The molecule has 0 radical (unpaired) electrons. The predicted molar refractivity (Wildman–Crippen MR) is 71.8 cm³/mol. The maximum absolute atomic E-state index is 12.1. The monoisotopic (exact) mass is 284 g/mol. The normalized spacial score (nSPS) is 41.4. The molecule has 2 fully saturated rings. The van der Waals surface area contributed by atoms with Crippen LogP contribution in [-0.2, 0) is 14.3 Å². The molecule has 0 heterocycles. The molecular formula is C15H24O5. The Labute approximate surface area is 119 Å². The number of carbonyl (C=O) groups excluding carboxylic acids is 2. The highest BCUT2D eigenvalue weighted by Crippen LogP contribution is 2.52. The zero-order chi connectivity index (χ0) is 15.3. The minimum atomic E-state index is -1.02. The van der Waals surface area contributed by atoms with Crippen molar-refractivity contribution in [3.63, 3.8) is 0 Å². The van der Waals surface area contributed by atoms with Crippen molar-refractivity contribution in [2.45, 2.75) is 65.3 Å². The molecule has 0 aromatic carbocycles. The van der Waals surface area contributed by atoms with Gasteiger partial charge in [0.2, 0.25) is 0 Å². The molecule has 2 aliphatic rings. The van der Waals surface area contributed by atoms with E-state index in [1.807, 2.05) is 6.92 Å². The zero-order valence-electron chi connectivity index (χ0n) is 12.5. The summed E-state index contributed by atoms with van der Waals surface area (Å²) in [7, 11) is 0. The third-order valence-corrected chi connectivity index (χ3v) is 4.79. The van der Waals surface area contributed by atoms with Gasteiger partial charge in [-0.2, -0.15) is 0 Å². The van der Waals surface area contributed by atoms with E-state index in [-0.39, 0.29) is 30.5 Å². The van der Waals surface area contributed by atoms with Crippen LogP contribution < -0.4 is 0 Å². The second-order valence-electron chi connectivity index (χ2n) is 7.45. The van der Waals surface area contributed by atoms with Crippen molar-refractivity contribution in [1.29, 1.82) is 0 Å². The molecule has 5 atom stereocenters. The van der Waals surface area contributed by atoms with Crippen molar-refractivity contribution in [2.24, 2.45) is 16.7 Å². The van der Waals surface area contributed by atoms with Crippen LogP contribution in [0.3, 0.4) is 0 Å². The highest BCUT2D eigenvalue weighted by atomic mass is 16.5. The molecule has 5 nitrogen and oxygen atoms in total. The molecule has 1 unspecified atom stereocenters. The average molecular weight is 284 g/mol. The molecule has 20 heavy (non-hydrogen) atoms. The van der Waals surface area contributed by atoms with Gasteiger partial charge in [-0.3, -0.25) is 9.59 Å². The molecule has 2 N–H and O–H groups in total. The molecule has 0 amide bonds. The number of aliphatic hydroxyl groups excluding tert-OH is 2. The fourth-order valence-electron chi connectivity index (χ4n) is 3.36. The lowest BCUT2D eigenvalue weighted by atomic mass is 9.66. The minimum Gasteiger partial charge on any atom is -0.461 e. The van der Waals surface area contributed by atoms with Crippen molar-refractivity contribution >= 4 is 11.8 Å². The molecule has 0 spiro atoms. The molecule has 0 aromatic heterocycles. The van der Waals surface area contributed by atoms with Gasteiger partial charge in [-0.1, -0.05) is 6.92 Å². The van der Waals surface area contributed by atoms with Crippen molar-refractivity contribution in [1.82, 2.24) is 0 Å². The van der Waals surface area contributed by atoms with Gasteiger partial charge in [0.1, 0.15) is 12.2 Å². The summed E-state index contributed by atoms with van der Waals surface area (Å²) in [6, 6.07) is 0. The van der Waals surface area contributed by atoms with Gasteiger partial charge in [0.25, 0.3) is 0 Å². The molecule has 0 aliphatic heterocycles. The van der Waals surface area contributed by atoms with Crippen molar-refractivity contribution in [3.8, 4) is 0 Å². The van der Waals surface area contributed by atoms with E-state index < -0.39 is 29.1 Å². The van der Waals surface area contributed by atoms with Gasteiger partial charge >= 0.3 is 5.97 Å². The topological polar surface area (TPSA) is 83.8 Å². The van der Waals surface area contributed by atoms with E-state index in [0.29, 0.717) is 6.42 Å². The van der Waals surface area contributed by atoms with E-state index >= 15 is 0 Å². The summed E-state index contributed by atoms with van der Waals surface area (Å²) in [5.74, 6) is -0.784. The van der Waals surface area contributed by atoms with Crippen LogP contribution in [0.5, 0.6) is 0 Å². The Balaban J connectivity index is 2.20. The molecule has 0 saturated heterocycles. The summed E-state index contributed by atoms with van der Waals surface area (Å²) in [4.78, 5) is 23.7. The number of rotatable bonds is 1. The third kappa shape index (κ3) is 2.49. The lowest BCUT2D eigenvalue weighted by Gasteiger charge is -2.41. The molecule has 114 valence electrons. The average Bonchev–Trinajstić information content (AvgIpc) is 2.52. The van der Waals surface area contributed by atoms with Crippen LogP contribution in [0.1, 0.15) is 47.0 Å². The number of Topliss-reactive ketones (excluding diaryl/α,β-unsaturated/α-hetero) is 1. The molecule has 2 rings (SSSR count). The van der Waals surface area contributed by atoms with Gasteiger partial charge in [0.05, 0.1) is 11.5 Å². The van der Waals surface area contributed by atoms with Crippen LogP contribution in [-0.4, -0.2) is 40.3 Å². The molecule has 2 aliphatic carbocycles. The van der Waals surface area contributed by atoms with Crippen molar-refractivity contribution in [3.05, 3.63) is 0 Å². The van der Waals surface area contributed by atoms with Gasteiger partial charge in [0.15, 0.2) is 5.78 Å². The number of aliphatic hydroxyl groups is 2. The molecule has 2 saturated carbocycles. The maximum Gasteiger partial charge on any atom is 0.311 e. The van der Waals surface area contributed by atoms with Crippen LogP contribution in [0, 0.1) is 16.7 Å². The van der Waals surface area contributed by atoms with E-state index in [1.165, 1.54) is 0 Å². The van der Waals surface area contributed by atoms with Crippen molar-refractivity contribution < 1.29 is 24.5 Å². The Morgan fingerprint density at radius 3 is 2.50 bits per heavy atom. The van der Waals surface area contributed by atoms with Gasteiger partial charge in [-0.15, -0.1) is 0 Å². The number of hydrogen-bond acceptors (Lipinski definition) is 5. The van der Waals surface area contributed by atoms with Crippen molar-refractivity contribution in [2.75, 3.05) is 0 Å². The largest absolute Gasteiger partial charge is 0.461 e. The molecular weight excluding hydrogens is 260 g/mol. The van der Waals surface area contributed by atoms with E-state index in [9.17, 15) is 19.8 Å². The van der Waals surface area contributed by atoms with E-state index in [0.717, 1.165) is 0 Å². The van der Waals surface area contributed by atoms with Crippen LogP contribution >= 0.6 is 0 Å². The second-order valence-corrected chi connectivity index (χ2v) is 7.45. The van der Waals surface area contributed by atoms with Gasteiger partial charge in [0, 0.05) is 24.2 Å². The number of fused-ring (bicyclic) bond motifs is 1. The SMILES string of the molecule is CC(C)(C)C(=O)O[C@H]1C[C@H](O)[C@H]2CC(=O)C(O)C[C@]12C. The Kier molecular flexibility index (Phi) is 3.71. The van der Waals surface area contributed by atoms with Crippen LogP contribution in [0.25, 0.3) is 0 Å². The number of ether oxygens (including phenoxy) is 1. The van der Waals surface area contributed by atoms with Crippen LogP contribution in [0.15, 0.2) is 0 Å². The van der Waals surface area contributed by atoms with Gasteiger partial charge in [-0.05, 0) is 27.2 Å². The number of carbonyl (C=O) groups is 2. The number of hydrogen-bond donors (Lipinski definition) is 2. The first-order chi connectivity index (χ1) is 9.05. The Morgan fingerprint density at radius 1 is 1.35 bits per heavy atom. The predicted octanol–water partition coefficient (Wildman–Crippen LogP) is 1.06. The van der Waals surface area contributed by atoms with E-state index in [2.05, 4.69) is 0 Å². The lowest BCUT2D eigenvalue weighted by molar-refractivity contribution is -0.168. The first kappa shape index (κ1) is 15.4. The Morgan fingerprint density at radius 2 is 1.95 bits per heavy atom. The standard InChI is InChI=1S/C15H24O5/c1-14(2,3)13(19)20-12-6-9(16)8-5-10(17)11(18)7-15(8,12)4/h8-9,11-12,16,18H,5-7H2,1-4H3/t8-,9+,11?,12+,15+/m1/s1. The maximum atomic E-state index is 12.1. The van der Waals surface area contributed by atoms with Gasteiger partial charge in [-0.25, -0.2) is 0 Å². The summed E-state index contributed by atoms with van der Waals surface area (Å²) in [6.45, 7) is 7.23.